The van der Waals surface area contributed by atoms with Gasteiger partial charge in [-0.25, -0.2) is 15.0 Å². The van der Waals surface area contributed by atoms with Crippen LogP contribution in [0.5, 0.6) is 5.75 Å². The Morgan fingerprint density at radius 1 is 1.09 bits per heavy atom. The highest BCUT2D eigenvalue weighted by Crippen LogP contribution is 2.32. The number of nitrogens with one attached hydrogen (secondary N) is 2. The predicted octanol–water partition coefficient (Wildman–Crippen LogP) is 2.71. The number of morpholine rings is 1. The molecule has 10 nitrogen and oxygen atoms in total. The van der Waals surface area contributed by atoms with Gasteiger partial charge in [0, 0.05) is 43.2 Å². The molecule has 0 saturated carbocycles. The van der Waals surface area contributed by atoms with Crippen LogP contribution in [0, 0.1) is 13.8 Å². The third-order valence-electron chi connectivity index (χ3n) is 5.58. The zero-order chi connectivity index (χ0) is 22.9. The molecule has 0 aliphatic carbocycles. The summed E-state index contributed by atoms with van der Waals surface area (Å²) in [5.41, 5.74) is 3.12. The molecule has 0 spiro atoms. The maximum atomic E-state index is 12.6. The summed E-state index contributed by atoms with van der Waals surface area (Å²) >= 11 is 0. The summed E-state index contributed by atoms with van der Waals surface area (Å²) in [4.78, 5) is 27.9. The highest BCUT2D eigenvalue weighted by molar-refractivity contribution is 5.82. The van der Waals surface area contributed by atoms with Gasteiger partial charge in [-0.1, -0.05) is 0 Å². The first-order chi connectivity index (χ1) is 16.0. The Bertz CT molecular complexity index is 1350. The SMILES string of the molecule is COc1cc(-n2[nH]c(=O)c3cnc(Nc4cc(C)nc(C)n4)cc32)ccc1N1CCOCC1. The number of H-pyrrole nitrogens is 1. The number of methoxy groups -OCH3 is 1. The Morgan fingerprint density at radius 3 is 2.67 bits per heavy atom. The number of hydrogen-bond acceptors (Lipinski definition) is 8. The first-order valence-corrected chi connectivity index (χ1v) is 10.7. The van der Waals surface area contributed by atoms with E-state index in [0.29, 0.717) is 41.6 Å². The minimum absolute atomic E-state index is 0.214. The van der Waals surface area contributed by atoms with Crippen molar-refractivity contribution >= 4 is 28.2 Å². The molecule has 1 aliphatic heterocycles. The molecule has 1 aliphatic rings. The number of pyridine rings is 1. The number of nitrogens with zero attached hydrogens (tertiary/aromatic N) is 5. The van der Waals surface area contributed by atoms with Crippen molar-refractivity contribution in [3.63, 3.8) is 0 Å². The van der Waals surface area contributed by atoms with Gasteiger partial charge < -0.3 is 19.7 Å². The lowest BCUT2D eigenvalue weighted by Crippen LogP contribution is -2.36. The number of anilines is 3. The summed E-state index contributed by atoms with van der Waals surface area (Å²) in [5, 5.41) is 6.61. The number of hydrogen-bond donors (Lipinski definition) is 2. The number of fused-ring (bicyclic) bond motifs is 1. The largest absolute Gasteiger partial charge is 0.495 e. The van der Waals surface area contributed by atoms with Crippen LogP contribution < -0.4 is 20.5 Å². The molecule has 4 heterocycles. The number of aromatic nitrogens is 5. The van der Waals surface area contributed by atoms with Crippen LogP contribution >= 0.6 is 0 Å². The van der Waals surface area contributed by atoms with E-state index in [-0.39, 0.29) is 5.56 Å². The fourth-order valence-electron chi connectivity index (χ4n) is 4.08. The van der Waals surface area contributed by atoms with Crippen molar-refractivity contribution in [1.82, 2.24) is 24.7 Å². The lowest BCUT2D eigenvalue weighted by molar-refractivity contribution is 0.122. The molecule has 0 bridgehead atoms. The highest BCUT2D eigenvalue weighted by Gasteiger charge is 2.17. The van der Waals surface area contributed by atoms with Gasteiger partial charge in [0.25, 0.3) is 5.56 Å². The minimum Gasteiger partial charge on any atom is -0.495 e. The van der Waals surface area contributed by atoms with Gasteiger partial charge in [-0.15, -0.1) is 0 Å². The molecule has 1 saturated heterocycles. The van der Waals surface area contributed by atoms with Crippen molar-refractivity contribution < 1.29 is 9.47 Å². The molecule has 5 rings (SSSR count). The maximum absolute atomic E-state index is 12.6. The summed E-state index contributed by atoms with van der Waals surface area (Å²) in [7, 11) is 1.65. The Morgan fingerprint density at radius 2 is 1.91 bits per heavy atom. The van der Waals surface area contributed by atoms with E-state index in [1.807, 2.05) is 44.2 Å². The van der Waals surface area contributed by atoms with Crippen LogP contribution in [-0.4, -0.2) is 58.1 Å². The molecule has 4 aromatic rings. The van der Waals surface area contributed by atoms with E-state index in [2.05, 4.69) is 30.3 Å². The normalized spacial score (nSPS) is 14.0. The Hall–Kier alpha value is -3.92. The van der Waals surface area contributed by atoms with E-state index in [4.69, 9.17) is 9.47 Å². The molecule has 33 heavy (non-hydrogen) atoms. The first-order valence-electron chi connectivity index (χ1n) is 10.7. The molecule has 1 aromatic carbocycles. The molecule has 0 amide bonds. The molecule has 10 heteroatoms. The third kappa shape index (κ3) is 4.12. The Kier molecular flexibility index (Phi) is 5.43. The second-order valence-electron chi connectivity index (χ2n) is 7.89. The second kappa shape index (κ2) is 8.55. The monoisotopic (exact) mass is 447 g/mol. The summed E-state index contributed by atoms with van der Waals surface area (Å²) in [6, 6.07) is 9.56. The smallest absolute Gasteiger partial charge is 0.273 e. The Labute approximate surface area is 190 Å². The molecule has 0 unspecified atom stereocenters. The van der Waals surface area contributed by atoms with E-state index in [0.717, 1.165) is 35.9 Å². The van der Waals surface area contributed by atoms with Gasteiger partial charge in [0.2, 0.25) is 0 Å². The summed E-state index contributed by atoms with van der Waals surface area (Å²) in [6.45, 7) is 6.74. The van der Waals surface area contributed by atoms with Crippen molar-refractivity contribution in [2.45, 2.75) is 13.8 Å². The second-order valence-corrected chi connectivity index (χ2v) is 7.89. The Balaban J connectivity index is 1.53. The van der Waals surface area contributed by atoms with E-state index in [1.165, 1.54) is 0 Å². The summed E-state index contributed by atoms with van der Waals surface area (Å²) in [6.07, 6.45) is 1.56. The molecular weight excluding hydrogens is 422 g/mol. The zero-order valence-electron chi connectivity index (χ0n) is 18.8. The van der Waals surface area contributed by atoms with Gasteiger partial charge in [0.1, 0.15) is 23.2 Å². The molecule has 3 aromatic heterocycles. The summed E-state index contributed by atoms with van der Waals surface area (Å²) in [5.74, 6) is 2.62. The lowest BCUT2D eigenvalue weighted by atomic mass is 10.2. The quantitative estimate of drug-likeness (QED) is 0.481. The predicted molar refractivity (Wildman–Crippen MR) is 126 cm³/mol. The molecule has 170 valence electrons. The van der Waals surface area contributed by atoms with Crippen molar-refractivity contribution in [1.29, 1.82) is 0 Å². The van der Waals surface area contributed by atoms with Crippen LogP contribution in [0.2, 0.25) is 0 Å². The van der Waals surface area contributed by atoms with Crippen LogP contribution in [0.4, 0.5) is 17.3 Å². The van der Waals surface area contributed by atoms with Gasteiger partial charge in [-0.2, -0.15) is 0 Å². The molecule has 1 fully saturated rings. The third-order valence-corrected chi connectivity index (χ3v) is 5.58. The average Bonchev–Trinajstić information content (AvgIpc) is 3.14. The van der Waals surface area contributed by atoms with Crippen molar-refractivity contribution in [2.24, 2.45) is 0 Å². The molecule has 0 atom stereocenters. The van der Waals surface area contributed by atoms with Gasteiger partial charge in [0.15, 0.2) is 0 Å². The lowest BCUT2D eigenvalue weighted by Gasteiger charge is -2.30. The molecular formula is C23H25N7O3. The molecule has 0 radical (unpaired) electrons. The van der Waals surface area contributed by atoms with Crippen LogP contribution in [0.3, 0.4) is 0 Å². The van der Waals surface area contributed by atoms with Crippen LogP contribution in [0.25, 0.3) is 16.6 Å². The van der Waals surface area contributed by atoms with E-state index in [1.54, 1.807) is 18.0 Å². The molecule has 2 N–H and O–H groups in total. The van der Waals surface area contributed by atoms with E-state index >= 15 is 0 Å². The number of aromatic amines is 1. The topological polar surface area (TPSA) is 110 Å². The fraction of sp³-hybridized carbons (Fsp3) is 0.304. The fourth-order valence-corrected chi connectivity index (χ4v) is 4.08. The number of aryl methyl sites for hydroxylation is 2. The van der Waals surface area contributed by atoms with Crippen LogP contribution in [0.15, 0.2) is 41.3 Å². The van der Waals surface area contributed by atoms with Gasteiger partial charge in [0.05, 0.1) is 42.6 Å². The van der Waals surface area contributed by atoms with Crippen LogP contribution in [-0.2, 0) is 4.74 Å². The minimum atomic E-state index is -0.214. The van der Waals surface area contributed by atoms with Crippen LogP contribution in [0.1, 0.15) is 11.5 Å². The van der Waals surface area contributed by atoms with Gasteiger partial charge >= 0.3 is 0 Å². The highest BCUT2D eigenvalue weighted by atomic mass is 16.5. The van der Waals surface area contributed by atoms with Gasteiger partial charge in [-0.05, 0) is 26.0 Å². The summed E-state index contributed by atoms with van der Waals surface area (Å²) < 4.78 is 12.9. The first kappa shape index (κ1) is 21.0. The van der Waals surface area contributed by atoms with Crippen molar-refractivity contribution in [3.8, 4) is 11.4 Å². The number of benzene rings is 1. The van der Waals surface area contributed by atoms with E-state index < -0.39 is 0 Å². The standard InChI is InChI=1S/C23H25N7O3/c1-14-10-22(26-15(2)25-14)27-21-12-19-17(13-24-21)23(31)28-30(19)16-4-5-18(20(11-16)32-3)29-6-8-33-9-7-29/h4-5,10-13H,6-9H2,1-3H3,(H,28,31)(H,24,25,26,27). The maximum Gasteiger partial charge on any atom is 0.273 e. The van der Waals surface area contributed by atoms with Gasteiger partial charge in [-0.3, -0.25) is 14.6 Å². The number of ether oxygens (including phenoxy) is 2. The zero-order valence-corrected chi connectivity index (χ0v) is 18.8. The van der Waals surface area contributed by atoms with E-state index in [9.17, 15) is 4.79 Å². The van der Waals surface area contributed by atoms with Crippen molar-refractivity contribution in [3.05, 3.63) is 58.4 Å². The average molecular weight is 447 g/mol. The number of rotatable bonds is 5. The van der Waals surface area contributed by atoms with Crippen molar-refractivity contribution in [2.75, 3.05) is 43.6 Å².